The van der Waals surface area contributed by atoms with E-state index in [0.29, 0.717) is 30.9 Å². The van der Waals surface area contributed by atoms with Gasteiger partial charge in [0.1, 0.15) is 0 Å². The van der Waals surface area contributed by atoms with Gasteiger partial charge in [0.05, 0.1) is 17.1 Å². The first-order valence-corrected chi connectivity index (χ1v) is 8.88. The number of fused-ring (bicyclic) bond motifs is 1. The summed E-state index contributed by atoms with van der Waals surface area (Å²) in [5.74, 6) is -2.11. The molecule has 0 spiro atoms. The molecule has 24 heavy (non-hydrogen) atoms. The van der Waals surface area contributed by atoms with Crippen LogP contribution in [-0.4, -0.2) is 28.6 Å². The summed E-state index contributed by atoms with van der Waals surface area (Å²) in [6.45, 7) is 0.958. The number of benzene rings is 2. The summed E-state index contributed by atoms with van der Waals surface area (Å²) in [6.07, 6.45) is 0.621. The molecule has 0 amide bonds. The van der Waals surface area contributed by atoms with Gasteiger partial charge in [0.15, 0.2) is 11.6 Å². The molecule has 0 saturated carbocycles. The maximum absolute atomic E-state index is 13.6. The highest BCUT2D eigenvalue weighted by Crippen LogP contribution is 2.45. The molecule has 0 aromatic heterocycles. The van der Waals surface area contributed by atoms with Crippen LogP contribution in [0.2, 0.25) is 0 Å². The Morgan fingerprint density at radius 2 is 1.75 bits per heavy atom. The average Bonchev–Trinajstić information content (AvgIpc) is 2.77. The van der Waals surface area contributed by atoms with Crippen LogP contribution in [0.3, 0.4) is 0 Å². The number of halogens is 2. The molecule has 1 heterocycles. The van der Waals surface area contributed by atoms with Crippen molar-refractivity contribution in [1.82, 2.24) is 5.32 Å². The molecule has 0 saturated heterocycles. The molecule has 1 aliphatic rings. The summed E-state index contributed by atoms with van der Waals surface area (Å²) in [5, 5.41) is 2.97. The second-order valence-electron chi connectivity index (χ2n) is 5.39. The maximum Gasteiger partial charge on any atom is 0.330 e. The second kappa shape index (κ2) is 6.37. The van der Waals surface area contributed by atoms with Gasteiger partial charge in [0.25, 0.3) is 0 Å². The van der Waals surface area contributed by atoms with E-state index in [1.54, 1.807) is 31.3 Å². The van der Waals surface area contributed by atoms with Gasteiger partial charge in [-0.3, -0.25) is 4.31 Å². The number of para-hydroxylation sites is 2. The number of nitrogens with zero attached hydrogens (tertiary/aromatic N) is 2. The number of rotatable bonds is 5. The van der Waals surface area contributed by atoms with Crippen LogP contribution in [0.5, 0.6) is 0 Å². The van der Waals surface area contributed by atoms with Crippen LogP contribution < -0.4 is 13.9 Å². The molecule has 0 fully saturated rings. The Labute approximate surface area is 139 Å². The van der Waals surface area contributed by atoms with E-state index in [2.05, 4.69) is 5.32 Å². The van der Waals surface area contributed by atoms with E-state index < -0.39 is 21.8 Å². The van der Waals surface area contributed by atoms with Crippen molar-refractivity contribution in [2.75, 3.05) is 28.7 Å². The maximum atomic E-state index is 13.6. The van der Waals surface area contributed by atoms with Crippen molar-refractivity contribution in [2.45, 2.75) is 6.42 Å². The highest BCUT2D eigenvalue weighted by Gasteiger charge is 2.40. The van der Waals surface area contributed by atoms with Crippen LogP contribution in [0, 0.1) is 11.6 Å². The van der Waals surface area contributed by atoms with Crippen molar-refractivity contribution in [3.63, 3.8) is 0 Å². The topological polar surface area (TPSA) is 52.6 Å². The summed E-state index contributed by atoms with van der Waals surface area (Å²) in [5.41, 5.74) is 1.02. The van der Waals surface area contributed by atoms with Gasteiger partial charge in [-0.05, 0) is 44.3 Å². The smallest absolute Gasteiger partial charge is 0.320 e. The summed E-state index contributed by atoms with van der Waals surface area (Å²) in [6, 6.07) is 9.86. The van der Waals surface area contributed by atoms with Gasteiger partial charge >= 0.3 is 10.2 Å². The molecule has 2 aromatic carbocycles. The molecular formula is C16H17F2N3O2S. The van der Waals surface area contributed by atoms with E-state index in [9.17, 15) is 17.2 Å². The minimum Gasteiger partial charge on any atom is -0.320 e. The minimum atomic E-state index is -3.90. The van der Waals surface area contributed by atoms with Crippen molar-refractivity contribution in [2.24, 2.45) is 0 Å². The lowest BCUT2D eigenvalue weighted by Gasteiger charge is -2.21. The van der Waals surface area contributed by atoms with E-state index in [4.69, 9.17) is 0 Å². The van der Waals surface area contributed by atoms with Crippen molar-refractivity contribution in [3.05, 3.63) is 54.1 Å². The summed E-state index contributed by atoms with van der Waals surface area (Å²) >= 11 is 0. The summed E-state index contributed by atoms with van der Waals surface area (Å²) in [7, 11) is -2.11. The van der Waals surface area contributed by atoms with Crippen LogP contribution in [0.1, 0.15) is 6.42 Å². The number of nitrogens with one attached hydrogen (secondary N) is 1. The van der Waals surface area contributed by atoms with Gasteiger partial charge in [-0.25, -0.2) is 13.1 Å². The molecule has 1 N–H and O–H groups in total. The van der Waals surface area contributed by atoms with E-state index in [1.807, 2.05) is 0 Å². The zero-order valence-electron chi connectivity index (χ0n) is 13.0. The van der Waals surface area contributed by atoms with E-state index in [1.165, 1.54) is 10.4 Å². The van der Waals surface area contributed by atoms with Crippen LogP contribution in [0.25, 0.3) is 0 Å². The monoisotopic (exact) mass is 353 g/mol. The van der Waals surface area contributed by atoms with Crippen molar-refractivity contribution >= 4 is 27.3 Å². The predicted molar refractivity (Wildman–Crippen MR) is 89.7 cm³/mol. The summed E-state index contributed by atoms with van der Waals surface area (Å²) in [4.78, 5) is 0. The Hall–Kier alpha value is -2.19. The fraction of sp³-hybridized carbons (Fsp3) is 0.250. The summed E-state index contributed by atoms with van der Waals surface area (Å²) < 4.78 is 55.0. The first-order chi connectivity index (χ1) is 11.5. The molecule has 0 atom stereocenters. The first kappa shape index (κ1) is 16.7. The van der Waals surface area contributed by atoms with Gasteiger partial charge in [0, 0.05) is 12.6 Å². The fourth-order valence-electron chi connectivity index (χ4n) is 2.71. The molecule has 0 radical (unpaired) electrons. The van der Waals surface area contributed by atoms with E-state index in [0.717, 1.165) is 16.4 Å². The lowest BCUT2D eigenvalue weighted by atomic mass is 10.2. The quantitative estimate of drug-likeness (QED) is 0.841. The molecule has 3 rings (SSSR count). The SMILES string of the molecule is CNCCCN1c2ccccc2N(c2ccc(F)c(F)c2)S1(=O)=O. The standard InChI is InChI=1S/C16H17F2N3O2S/c1-19-9-4-10-20-15-5-2-3-6-16(15)21(24(20,22)23)12-7-8-13(17)14(18)11-12/h2-3,5-8,11,19H,4,9-10H2,1H3. The minimum absolute atomic E-state index is 0.0671. The van der Waals surface area contributed by atoms with Gasteiger partial charge in [0.2, 0.25) is 0 Å². The average molecular weight is 353 g/mol. The zero-order valence-corrected chi connectivity index (χ0v) is 13.9. The molecule has 0 bridgehead atoms. The third-order valence-electron chi connectivity index (χ3n) is 3.80. The molecular weight excluding hydrogens is 336 g/mol. The largest absolute Gasteiger partial charge is 0.330 e. The first-order valence-electron chi connectivity index (χ1n) is 7.48. The Balaban J connectivity index is 2.08. The third-order valence-corrected chi connectivity index (χ3v) is 5.61. The highest BCUT2D eigenvalue weighted by atomic mass is 32.2. The molecule has 0 unspecified atom stereocenters. The second-order valence-corrected chi connectivity index (χ2v) is 7.09. The fourth-order valence-corrected chi connectivity index (χ4v) is 4.46. The van der Waals surface area contributed by atoms with Gasteiger partial charge < -0.3 is 5.32 Å². The van der Waals surface area contributed by atoms with E-state index >= 15 is 0 Å². The lowest BCUT2D eigenvalue weighted by Crippen LogP contribution is -2.36. The van der Waals surface area contributed by atoms with Crippen LogP contribution in [0.15, 0.2) is 42.5 Å². The van der Waals surface area contributed by atoms with Crippen LogP contribution in [-0.2, 0) is 10.2 Å². The van der Waals surface area contributed by atoms with Crippen LogP contribution >= 0.6 is 0 Å². The zero-order chi connectivity index (χ0) is 17.3. The molecule has 0 aliphatic carbocycles. The van der Waals surface area contributed by atoms with Crippen molar-refractivity contribution < 1.29 is 17.2 Å². The van der Waals surface area contributed by atoms with Gasteiger partial charge in [-0.15, -0.1) is 0 Å². The Morgan fingerprint density at radius 3 is 2.42 bits per heavy atom. The van der Waals surface area contributed by atoms with E-state index in [-0.39, 0.29) is 5.69 Å². The number of anilines is 3. The Morgan fingerprint density at radius 1 is 1.04 bits per heavy atom. The number of hydrogen-bond acceptors (Lipinski definition) is 3. The Bertz CT molecular complexity index is 858. The van der Waals surface area contributed by atoms with Crippen LogP contribution in [0.4, 0.5) is 25.8 Å². The molecule has 128 valence electrons. The highest BCUT2D eigenvalue weighted by molar-refractivity contribution is 7.95. The number of hydrogen-bond donors (Lipinski definition) is 1. The van der Waals surface area contributed by atoms with Crippen molar-refractivity contribution in [1.29, 1.82) is 0 Å². The normalized spacial score (nSPS) is 15.6. The molecule has 1 aliphatic heterocycles. The lowest BCUT2D eigenvalue weighted by molar-refractivity contribution is 0.509. The molecule has 5 nitrogen and oxygen atoms in total. The van der Waals surface area contributed by atoms with Gasteiger partial charge in [-0.2, -0.15) is 8.42 Å². The molecule has 8 heteroatoms. The third kappa shape index (κ3) is 2.71. The van der Waals surface area contributed by atoms with Crippen molar-refractivity contribution in [3.8, 4) is 0 Å². The Kier molecular flexibility index (Phi) is 4.42. The predicted octanol–water partition coefficient (Wildman–Crippen LogP) is 2.78. The van der Waals surface area contributed by atoms with Gasteiger partial charge in [-0.1, -0.05) is 12.1 Å². The molecule has 2 aromatic rings.